The average Bonchev–Trinajstić information content (AvgIpc) is 2.60. The minimum atomic E-state index is -3.39. The lowest BCUT2D eigenvalue weighted by Gasteiger charge is -2.08. The maximum absolute atomic E-state index is 11.5. The minimum absolute atomic E-state index is 0.0656. The van der Waals surface area contributed by atoms with Crippen LogP contribution in [0.2, 0.25) is 0 Å². The molecule has 0 radical (unpaired) electrons. The van der Waals surface area contributed by atoms with Gasteiger partial charge in [-0.25, -0.2) is 18.2 Å². The number of benzene rings is 1. The quantitative estimate of drug-likeness (QED) is 0.565. The molecule has 0 bridgehead atoms. The van der Waals surface area contributed by atoms with Crippen molar-refractivity contribution in [2.24, 2.45) is 10.2 Å². The fourth-order valence-electron chi connectivity index (χ4n) is 1.89. The number of hydrogen-bond acceptors (Lipinski definition) is 9. The van der Waals surface area contributed by atoms with Crippen molar-refractivity contribution in [3.8, 4) is 17.2 Å². The summed E-state index contributed by atoms with van der Waals surface area (Å²) in [6.45, 7) is 3.47. The summed E-state index contributed by atoms with van der Waals surface area (Å²) in [5.74, 6) is -0.121. The Labute approximate surface area is 156 Å². The molecule has 0 aliphatic rings. The molecule has 27 heavy (non-hydrogen) atoms. The number of pyridine rings is 1. The molecule has 1 heterocycles. The van der Waals surface area contributed by atoms with Crippen LogP contribution < -0.4 is 4.74 Å². The van der Waals surface area contributed by atoms with E-state index >= 15 is 0 Å². The van der Waals surface area contributed by atoms with Gasteiger partial charge in [-0.3, -0.25) is 0 Å². The standard InChI is InChI=1S/C17H19N3O6S/c1-4-25-17(22)11(2)19-20-14-7-5-12(9-15(14)21)26-13-6-8-16(18-10-13)27(3,23)24/h5-11,21H,4H2,1-3H3. The summed E-state index contributed by atoms with van der Waals surface area (Å²) in [4.78, 5) is 15.3. The first kappa shape index (κ1) is 20.3. The molecule has 9 nitrogen and oxygen atoms in total. The van der Waals surface area contributed by atoms with Gasteiger partial charge < -0.3 is 14.6 Å². The normalized spacial score (nSPS) is 12.7. The molecule has 0 saturated heterocycles. The number of carbonyl (C=O) groups is 1. The molecule has 0 saturated carbocycles. The molecule has 2 aromatic rings. The van der Waals surface area contributed by atoms with Crippen LogP contribution in [0.4, 0.5) is 5.69 Å². The number of ether oxygens (including phenoxy) is 2. The maximum Gasteiger partial charge on any atom is 0.332 e. The van der Waals surface area contributed by atoms with Gasteiger partial charge in [0.05, 0.1) is 12.8 Å². The van der Waals surface area contributed by atoms with E-state index in [4.69, 9.17) is 9.47 Å². The lowest BCUT2D eigenvalue weighted by Crippen LogP contribution is -2.17. The molecule has 1 aromatic carbocycles. The molecule has 10 heteroatoms. The highest BCUT2D eigenvalue weighted by atomic mass is 32.2. The molecule has 1 aromatic heterocycles. The van der Waals surface area contributed by atoms with E-state index in [0.717, 1.165) is 6.26 Å². The van der Waals surface area contributed by atoms with Crippen LogP contribution in [0.1, 0.15) is 13.8 Å². The number of nitrogens with zero attached hydrogens (tertiary/aromatic N) is 3. The Morgan fingerprint density at radius 3 is 2.52 bits per heavy atom. The topological polar surface area (TPSA) is 128 Å². The van der Waals surface area contributed by atoms with Gasteiger partial charge in [0.2, 0.25) is 0 Å². The van der Waals surface area contributed by atoms with Gasteiger partial charge in [-0.1, -0.05) is 0 Å². The molecule has 0 spiro atoms. The van der Waals surface area contributed by atoms with Crippen LogP contribution in [-0.2, 0) is 19.4 Å². The molecule has 0 amide bonds. The molecule has 1 unspecified atom stereocenters. The molecular weight excluding hydrogens is 374 g/mol. The number of hydrogen-bond donors (Lipinski definition) is 1. The lowest BCUT2D eigenvalue weighted by molar-refractivity contribution is -0.144. The highest BCUT2D eigenvalue weighted by molar-refractivity contribution is 7.90. The van der Waals surface area contributed by atoms with Gasteiger partial charge in [0, 0.05) is 12.3 Å². The number of sulfone groups is 1. The number of aromatic hydroxyl groups is 1. The molecule has 144 valence electrons. The van der Waals surface area contributed by atoms with Gasteiger partial charge in [-0.05, 0) is 38.1 Å². The molecule has 0 aliphatic heterocycles. The first-order valence-corrected chi connectivity index (χ1v) is 9.84. The third-order valence-electron chi connectivity index (χ3n) is 3.24. The van der Waals surface area contributed by atoms with E-state index in [1.54, 1.807) is 6.92 Å². The van der Waals surface area contributed by atoms with Crippen LogP contribution in [0.5, 0.6) is 17.2 Å². The number of rotatable bonds is 7. The fourth-order valence-corrected chi connectivity index (χ4v) is 2.45. The molecule has 0 fully saturated rings. The number of carbonyl (C=O) groups excluding carboxylic acids is 1. The van der Waals surface area contributed by atoms with Crippen molar-refractivity contribution >= 4 is 21.5 Å². The highest BCUT2D eigenvalue weighted by Gasteiger charge is 2.13. The smallest absolute Gasteiger partial charge is 0.332 e. The summed E-state index contributed by atoms with van der Waals surface area (Å²) in [5, 5.41) is 17.6. The predicted octanol–water partition coefficient (Wildman–Crippen LogP) is 3.02. The number of azo groups is 1. The Morgan fingerprint density at radius 2 is 1.96 bits per heavy atom. The van der Waals surface area contributed by atoms with Crippen LogP contribution in [0.25, 0.3) is 0 Å². The van der Waals surface area contributed by atoms with Crippen molar-refractivity contribution < 1.29 is 27.8 Å². The van der Waals surface area contributed by atoms with Crippen LogP contribution in [0.15, 0.2) is 51.8 Å². The van der Waals surface area contributed by atoms with Crippen LogP contribution in [0, 0.1) is 0 Å². The predicted molar refractivity (Wildman–Crippen MR) is 96.1 cm³/mol. The van der Waals surface area contributed by atoms with E-state index in [2.05, 4.69) is 15.2 Å². The van der Waals surface area contributed by atoms with Crippen LogP contribution in [0.3, 0.4) is 0 Å². The number of phenolic OH excluding ortho intramolecular Hbond substituents is 1. The van der Waals surface area contributed by atoms with Crippen molar-refractivity contribution in [3.63, 3.8) is 0 Å². The van der Waals surface area contributed by atoms with Gasteiger partial charge in [0.15, 0.2) is 20.9 Å². The molecule has 2 rings (SSSR count). The number of esters is 1. The number of aromatic nitrogens is 1. The van der Waals surface area contributed by atoms with Gasteiger partial charge in [0.25, 0.3) is 0 Å². The number of phenols is 1. The third-order valence-corrected chi connectivity index (χ3v) is 4.24. The van der Waals surface area contributed by atoms with Crippen molar-refractivity contribution in [2.45, 2.75) is 24.9 Å². The van der Waals surface area contributed by atoms with Crippen molar-refractivity contribution in [3.05, 3.63) is 36.5 Å². The second-order valence-corrected chi connectivity index (χ2v) is 7.46. The van der Waals surface area contributed by atoms with E-state index in [1.807, 2.05) is 0 Å². The van der Waals surface area contributed by atoms with E-state index < -0.39 is 21.8 Å². The zero-order chi connectivity index (χ0) is 20.0. The van der Waals surface area contributed by atoms with Gasteiger partial charge >= 0.3 is 5.97 Å². The Morgan fingerprint density at radius 1 is 1.26 bits per heavy atom. The fraction of sp³-hybridized carbons (Fsp3) is 0.294. The SMILES string of the molecule is CCOC(=O)C(C)N=Nc1ccc(Oc2ccc(S(C)(=O)=O)nc2)cc1O. The summed E-state index contributed by atoms with van der Waals surface area (Å²) >= 11 is 0. The van der Waals surface area contributed by atoms with E-state index in [9.17, 15) is 18.3 Å². The summed E-state index contributed by atoms with van der Waals surface area (Å²) < 4.78 is 33.1. The van der Waals surface area contributed by atoms with Gasteiger partial charge in [-0.2, -0.15) is 10.2 Å². The van der Waals surface area contributed by atoms with Crippen molar-refractivity contribution in [1.82, 2.24) is 4.98 Å². The van der Waals surface area contributed by atoms with Crippen molar-refractivity contribution in [1.29, 1.82) is 0 Å². The Balaban J connectivity index is 2.09. The third kappa shape index (κ3) is 5.74. The zero-order valence-corrected chi connectivity index (χ0v) is 15.8. The summed E-state index contributed by atoms with van der Waals surface area (Å²) in [7, 11) is -3.39. The Hall–Kier alpha value is -3.01. The summed E-state index contributed by atoms with van der Waals surface area (Å²) in [5.41, 5.74) is 0.157. The van der Waals surface area contributed by atoms with Crippen molar-refractivity contribution in [2.75, 3.05) is 12.9 Å². The second kappa shape index (κ2) is 8.58. The van der Waals surface area contributed by atoms with E-state index in [1.165, 1.54) is 43.5 Å². The van der Waals surface area contributed by atoms with E-state index in [0.29, 0.717) is 11.5 Å². The lowest BCUT2D eigenvalue weighted by atomic mass is 10.3. The highest BCUT2D eigenvalue weighted by Crippen LogP contribution is 2.33. The molecule has 1 N–H and O–H groups in total. The molecular formula is C17H19N3O6S. The van der Waals surface area contributed by atoms with Crippen LogP contribution in [-0.4, -0.2) is 43.4 Å². The first-order valence-electron chi connectivity index (χ1n) is 7.95. The molecule has 0 aliphatic carbocycles. The summed E-state index contributed by atoms with van der Waals surface area (Å²) in [6, 6.07) is 6.30. The molecule has 1 atom stereocenters. The zero-order valence-electron chi connectivity index (χ0n) is 15.0. The first-order chi connectivity index (χ1) is 12.7. The largest absolute Gasteiger partial charge is 0.505 e. The van der Waals surface area contributed by atoms with E-state index in [-0.39, 0.29) is 23.1 Å². The maximum atomic E-state index is 11.5. The van der Waals surface area contributed by atoms with Gasteiger partial charge in [-0.15, -0.1) is 0 Å². The second-order valence-electron chi connectivity index (χ2n) is 5.50. The monoisotopic (exact) mass is 393 g/mol. The minimum Gasteiger partial charge on any atom is -0.505 e. The summed E-state index contributed by atoms with van der Waals surface area (Å²) in [6.07, 6.45) is 2.33. The van der Waals surface area contributed by atoms with Gasteiger partial charge in [0.1, 0.15) is 22.9 Å². The Kier molecular flexibility index (Phi) is 6.45. The average molecular weight is 393 g/mol. The Bertz CT molecular complexity index is 942. The van der Waals surface area contributed by atoms with Crippen LogP contribution >= 0.6 is 0 Å².